The van der Waals surface area contributed by atoms with Gasteiger partial charge in [-0.25, -0.2) is 9.78 Å². The van der Waals surface area contributed by atoms with Gasteiger partial charge in [-0.2, -0.15) is 0 Å². The van der Waals surface area contributed by atoms with E-state index in [2.05, 4.69) is 10.3 Å². The topological polar surface area (TPSA) is 88.5 Å². The molecule has 1 rings (SSSR count). The number of aryl methyl sites for hydroxylation is 1. The number of hydrogen-bond acceptors (Lipinski definition) is 6. The summed E-state index contributed by atoms with van der Waals surface area (Å²) in [5.74, 6) is -0.402. The molecule has 0 saturated heterocycles. The maximum atomic E-state index is 11.7. The van der Waals surface area contributed by atoms with Crippen molar-refractivity contribution in [2.75, 3.05) is 19.5 Å². The van der Waals surface area contributed by atoms with Crippen molar-refractivity contribution in [3.05, 3.63) is 16.1 Å². The molecule has 0 spiro atoms. The fourth-order valence-electron chi connectivity index (χ4n) is 1.65. The van der Waals surface area contributed by atoms with Crippen LogP contribution >= 0.6 is 23.1 Å². The minimum atomic E-state index is -1.01. The highest BCUT2D eigenvalue weighted by Crippen LogP contribution is 2.14. The van der Waals surface area contributed by atoms with Crippen LogP contribution in [0.2, 0.25) is 0 Å². The Morgan fingerprint density at radius 3 is 2.90 bits per heavy atom. The number of thiazole rings is 1. The van der Waals surface area contributed by atoms with Crippen LogP contribution in [0.15, 0.2) is 5.38 Å². The lowest BCUT2D eigenvalue weighted by atomic mass is 10.1. The molecule has 0 aliphatic heterocycles. The van der Waals surface area contributed by atoms with Crippen molar-refractivity contribution in [1.82, 2.24) is 10.3 Å². The molecule has 21 heavy (non-hydrogen) atoms. The second-order valence-electron chi connectivity index (χ2n) is 4.44. The lowest BCUT2D eigenvalue weighted by molar-refractivity contribution is -0.141. The van der Waals surface area contributed by atoms with Crippen LogP contribution in [-0.4, -0.2) is 47.5 Å². The summed E-state index contributed by atoms with van der Waals surface area (Å²) in [5, 5.41) is 14.6. The Kier molecular flexibility index (Phi) is 8.33. The molecule has 0 aliphatic carbocycles. The number of carbonyl (C=O) groups excluding carboxylic acids is 1. The highest BCUT2D eigenvalue weighted by molar-refractivity contribution is 7.99. The molecule has 1 atom stereocenters. The van der Waals surface area contributed by atoms with Crippen LogP contribution in [0.4, 0.5) is 0 Å². The Labute approximate surface area is 132 Å². The Balaban J connectivity index is 2.27. The van der Waals surface area contributed by atoms with E-state index in [1.165, 1.54) is 11.8 Å². The zero-order valence-electron chi connectivity index (χ0n) is 12.1. The summed E-state index contributed by atoms with van der Waals surface area (Å²) in [6.45, 7) is 2.42. The van der Waals surface area contributed by atoms with Gasteiger partial charge in [-0.15, -0.1) is 23.1 Å². The molecule has 2 N–H and O–H groups in total. The van der Waals surface area contributed by atoms with Crippen molar-refractivity contribution < 1.29 is 19.4 Å². The normalized spacial score (nSPS) is 12.1. The second kappa shape index (κ2) is 9.75. The average Bonchev–Trinajstić information content (AvgIpc) is 2.83. The van der Waals surface area contributed by atoms with Crippen molar-refractivity contribution in [3.63, 3.8) is 0 Å². The number of thioether (sulfide) groups is 1. The summed E-state index contributed by atoms with van der Waals surface area (Å²) in [6.07, 6.45) is 0.962. The number of ether oxygens (including phenoxy) is 1. The number of rotatable bonds is 10. The molecule has 0 aromatic carbocycles. The van der Waals surface area contributed by atoms with Crippen molar-refractivity contribution in [2.45, 2.75) is 31.6 Å². The molecule has 8 heteroatoms. The number of hydrogen-bond donors (Lipinski definition) is 2. The number of carboxylic acid groups (broad SMARTS) is 1. The summed E-state index contributed by atoms with van der Waals surface area (Å²) in [7, 11) is 1.56. The van der Waals surface area contributed by atoms with E-state index in [4.69, 9.17) is 9.84 Å². The molecule has 0 radical (unpaired) electrons. The number of carboxylic acids is 1. The predicted octanol–water partition coefficient (Wildman–Crippen LogP) is 1.68. The van der Waals surface area contributed by atoms with Gasteiger partial charge in [0.1, 0.15) is 6.04 Å². The smallest absolute Gasteiger partial charge is 0.326 e. The van der Waals surface area contributed by atoms with E-state index in [1.54, 1.807) is 18.4 Å². The van der Waals surface area contributed by atoms with Crippen LogP contribution in [0.1, 0.15) is 23.5 Å². The molecular weight excluding hydrogens is 312 g/mol. The third-order valence-electron chi connectivity index (χ3n) is 2.62. The fraction of sp³-hybridized carbons (Fsp3) is 0.615. The van der Waals surface area contributed by atoms with E-state index < -0.39 is 12.0 Å². The van der Waals surface area contributed by atoms with Gasteiger partial charge in [-0.1, -0.05) is 0 Å². The zero-order chi connectivity index (χ0) is 15.7. The third-order valence-corrected chi connectivity index (χ3v) is 4.41. The van der Waals surface area contributed by atoms with Crippen molar-refractivity contribution in [3.8, 4) is 0 Å². The molecule has 0 bridgehead atoms. The quantitative estimate of drug-likeness (QED) is 0.634. The van der Waals surface area contributed by atoms with E-state index in [0.717, 1.165) is 10.7 Å². The number of nitrogens with one attached hydrogen (secondary N) is 1. The highest BCUT2D eigenvalue weighted by Gasteiger charge is 2.19. The van der Waals surface area contributed by atoms with Gasteiger partial charge in [-0.3, -0.25) is 4.79 Å². The Morgan fingerprint density at radius 2 is 2.33 bits per heavy atom. The summed E-state index contributed by atoms with van der Waals surface area (Å²) in [5.41, 5.74) is 0.949. The van der Waals surface area contributed by atoms with Gasteiger partial charge in [0.25, 0.3) is 0 Å². The Morgan fingerprint density at radius 1 is 1.57 bits per heavy atom. The van der Waals surface area contributed by atoms with Crippen molar-refractivity contribution in [1.29, 1.82) is 0 Å². The lowest BCUT2D eigenvalue weighted by Crippen LogP contribution is -2.41. The summed E-state index contributed by atoms with van der Waals surface area (Å²) < 4.78 is 4.88. The fourth-order valence-corrected chi connectivity index (χ4v) is 3.09. The summed E-state index contributed by atoms with van der Waals surface area (Å²) in [6, 6.07) is -0.852. The van der Waals surface area contributed by atoms with Crippen LogP contribution in [0, 0.1) is 6.92 Å². The van der Waals surface area contributed by atoms with Crippen molar-refractivity contribution in [2.24, 2.45) is 0 Å². The first-order chi connectivity index (χ1) is 10.0. The Hall–Kier alpha value is -1.12. The third kappa shape index (κ3) is 7.45. The number of methoxy groups -OCH3 is 1. The molecule has 1 amide bonds. The number of aliphatic carboxylic acids is 1. The van der Waals surface area contributed by atoms with Gasteiger partial charge in [0.2, 0.25) is 5.91 Å². The Bertz CT molecular complexity index is 465. The standard InChI is InChI=1S/C13H20N2O4S2/c1-9-14-10(7-21-9)6-20-8-12(16)15-11(13(17)18)4-3-5-19-2/h7,11H,3-6,8H2,1-2H3,(H,15,16)(H,17,18). The molecule has 6 nitrogen and oxygen atoms in total. The molecule has 1 aromatic heterocycles. The van der Waals surface area contributed by atoms with Crippen LogP contribution in [-0.2, 0) is 20.1 Å². The lowest BCUT2D eigenvalue weighted by Gasteiger charge is -2.14. The number of nitrogens with zero attached hydrogens (tertiary/aromatic N) is 1. The van der Waals surface area contributed by atoms with E-state index >= 15 is 0 Å². The van der Waals surface area contributed by atoms with Gasteiger partial charge in [-0.05, 0) is 19.8 Å². The van der Waals surface area contributed by atoms with E-state index in [-0.39, 0.29) is 11.7 Å². The van der Waals surface area contributed by atoms with Gasteiger partial charge < -0.3 is 15.2 Å². The molecule has 118 valence electrons. The first kappa shape index (κ1) is 17.9. The van der Waals surface area contributed by atoms with Crippen molar-refractivity contribution >= 4 is 35.0 Å². The molecule has 0 fully saturated rings. The number of aromatic nitrogens is 1. The van der Waals surface area contributed by atoms with Crippen LogP contribution in [0.3, 0.4) is 0 Å². The van der Waals surface area contributed by atoms with E-state index in [1.807, 2.05) is 12.3 Å². The highest BCUT2D eigenvalue weighted by atomic mass is 32.2. The first-order valence-electron chi connectivity index (χ1n) is 6.52. The SMILES string of the molecule is COCCCC(NC(=O)CSCc1csc(C)n1)C(=O)O. The average molecular weight is 332 g/mol. The molecule has 1 heterocycles. The minimum Gasteiger partial charge on any atom is -0.480 e. The number of amides is 1. The van der Waals surface area contributed by atoms with E-state index in [0.29, 0.717) is 25.2 Å². The van der Waals surface area contributed by atoms with Crippen LogP contribution in [0.5, 0.6) is 0 Å². The number of carbonyl (C=O) groups is 2. The maximum absolute atomic E-state index is 11.7. The minimum absolute atomic E-state index is 0.227. The van der Waals surface area contributed by atoms with Crippen LogP contribution in [0.25, 0.3) is 0 Å². The molecule has 1 unspecified atom stereocenters. The van der Waals surface area contributed by atoms with Crippen LogP contribution < -0.4 is 5.32 Å². The summed E-state index contributed by atoms with van der Waals surface area (Å²) in [4.78, 5) is 27.1. The van der Waals surface area contributed by atoms with Gasteiger partial charge in [0.05, 0.1) is 16.5 Å². The largest absolute Gasteiger partial charge is 0.480 e. The molecular formula is C13H20N2O4S2. The van der Waals surface area contributed by atoms with Gasteiger partial charge in [0.15, 0.2) is 0 Å². The summed E-state index contributed by atoms with van der Waals surface area (Å²) >= 11 is 3.00. The van der Waals surface area contributed by atoms with E-state index in [9.17, 15) is 9.59 Å². The monoisotopic (exact) mass is 332 g/mol. The zero-order valence-corrected chi connectivity index (χ0v) is 13.8. The van der Waals surface area contributed by atoms with Gasteiger partial charge in [0, 0.05) is 24.8 Å². The molecule has 1 aromatic rings. The first-order valence-corrected chi connectivity index (χ1v) is 8.56. The maximum Gasteiger partial charge on any atom is 0.326 e. The second-order valence-corrected chi connectivity index (χ2v) is 6.49. The predicted molar refractivity (Wildman–Crippen MR) is 83.7 cm³/mol. The molecule has 0 saturated carbocycles. The molecule has 0 aliphatic rings. The van der Waals surface area contributed by atoms with Gasteiger partial charge >= 0.3 is 5.97 Å².